The Morgan fingerprint density at radius 1 is 1.05 bits per heavy atom. The van der Waals surface area contributed by atoms with Gasteiger partial charge in [0, 0.05) is 43.1 Å². The number of nitrogens with zero attached hydrogens (tertiary/aromatic N) is 2. The zero-order valence-electron chi connectivity index (χ0n) is 21.9. The average molecular weight is 541 g/mol. The molecule has 208 valence electrons. The van der Waals surface area contributed by atoms with Gasteiger partial charge in [-0.25, -0.2) is 13.8 Å². The smallest absolute Gasteiger partial charge is 0.385 e. The maximum absolute atomic E-state index is 13.7. The Bertz CT molecular complexity index is 1150. The summed E-state index contributed by atoms with van der Waals surface area (Å²) in [5.41, 5.74) is 0.0974. The van der Waals surface area contributed by atoms with Crippen molar-refractivity contribution < 1.29 is 31.5 Å². The Morgan fingerprint density at radius 3 is 2.39 bits per heavy atom. The lowest BCUT2D eigenvalue weighted by atomic mass is 9.96. The van der Waals surface area contributed by atoms with E-state index >= 15 is 0 Å². The van der Waals surface area contributed by atoms with E-state index in [1.165, 1.54) is 6.07 Å². The SMILES string of the molecule is CCCNc1cc(C(F)(F)F)ccc1C(=NC(=NCCCOCC)NC(=O)c1ccc(F)c(F)c1)C(C)C. The standard InChI is InChI=1S/C27H33F5N4O2/c1-5-12-33-23-16-19(27(30,31)32)9-10-20(23)24(17(3)4)35-26(34-13-7-14-38-6-2)36-25(37)18-8-11-21(28)22(29)15-18/h8-11,15-17,33H,5-7,12-14H2,1-4H3,(H,34,36,37). The van der Waals surface area contributed by atoms with Crippen LogP contribution in [0.3, 0.4) is 0 Å². The van der Waals surface area contributed by atoms with Gasteiger partial charge < -0.3 is 10.1 Å². The molecular formula is C27H33F5N4O2. The molecule has 0 saturated heterocycles. The van der Waals surface area contributed by atoms with Crippen LogP contribution in [0.15, 0.2) is 46.4 Å². The Kier molecular flexibility index (Phi) is 11.8. The number of carbonyl (C=O) groups is 1. The molecule has 0 fully saturated rings. The summed E-state index contributed by atoms with van der Waals surface area (Å²) in [5, 5.41) is 5.54. The highest BCUT2D eigenvalue weighted by Crippen LogP contribution is 2.33. The third-order valence-corrected chi connectivity index (χ3v) is 5.28. The van der Waals surface area contributed by atoms with Crippen molar-refractivity contribution in [1.82, 2.24) is 5.32 Å². The number of hydrogen-bond acceptors (Lipinski definition) is 4. The summed E-state index contributed by atoms with van der Waals surface area (Å²) in [7, 11) is 0. The Balaban J connectivity index is 2.52. The minimum Gasteiger partial charge on any atom is -0.385 e. The van der Waals surface area contributed by atoms with Gasteiger partial charge in [-0.3, -0.25) is 15.1 Å². The summed E-state index contributed by atoms with van der Waals surface area (Å²) in [4.78, 5) is 21.7. The molecule has 38 heavy (non-hydrogen) atoms. The summed E-state index contributed by atoms with van der Waals surface area (Å²) in [6.07, 6.45) is -3.32. The third-order valence-electron chi connectivity index (χ3n) is 5.28. The van der Waals surface area contributed by atoms with Crippen LogP contribution in [0.1, 0.15) is 62.0 Å². The number of anilines is 1. The number of ether oxygens (including phenoxy) is 1. The Morgan fingerprint density at radius 2 is 1.79 bits per heavy atom. The van der Waals surface area contributed by atoms with E-state index in [1.807, 2.05) is 27.7 Å². The van der Waals surface area contributed by atoms with E-state index in [1.54, 1.807) is 0 Å². The van der Waals surface area contributed by atoms with E-state index in [0.717, 1.165) is 30.3 Å². The van der Waals surface area contributed by atoms with Crippen molar-refractivity contribution in [2.75, 3.05) is 31.6 Å². The maximum Gasteiger partial charge on any atom is 0.416 e. The Labute approximate surface area is 219 Å². The molecule has 6 nitrogen and oxygen atoms in total. The summed E-state index contributed by atoms with van der Waals surface area (Å²) in [5.74, 6) is -3.43. The lowest BCUT2D eigenvalue weighted by molar-refractivity contribution is -0.137. The first-order valence-corrected chi connectivity index (χ1v) is 12.4. The lowest BCUT2D eigenvalue weighted by Crippen LogP contribution is -2.31. The predicted octanol–water partition coefficient (Wildman–Crippen LogP) is 6.46. The van der Waals surface area contributed by atoms with Gasteiger partial charge in [-0.1, -0.05) is 26.8 Å². The third kappa shape index (κ3) is 9.20. The summed E-state index contributed by atoms with van der Waals surface area (Å²) in [6, 6.07) is 6.05. The molecule has 1 amide bonds. The minimum atomic E-state index is -4.53. The largest absolute Gasteiger partial charge is 0.416 e. The molecule has 2 aromatic carbocycles. The molecule has 2 rings (SSSR count). The minimum absolute atomic E-state index is 0.110. The first-order valence-electron chi connectivity index (χ1n) is 12.4. The monoisotopic (exact) mass is 540 g/mol. The molecule has 0 unspecified atom stereocenters. The first-order chi connectivity index (χ1) is 18.0. The van der Waals surface area contributed by atoms with Gasteiger partial charge in [-0.05, 0) is 56.0 Å². The summed E-state index contributed by atoms with van der Waals surface area (Å²) >= 11 is 0. The number of amides is 1. The second-order valence-electron chi connectivity index (χ2n) is 8.68. The molecule has 0 spiro atoms. The van der Waals surface area contributed by atoms with Crippen LogP contribution < -0.4 is 10.6 Å². The molecule has 2 aromatic rings. The van der Waals surface area contributed by atoms with Crippen LogP contribution in [0.4, 0.5) is 27.6 Å². The fourth-order valence-corrected chi connectivity index (χ4v) is 3.37. The molecule has 0 aliphatic carbocycles. The van der Waals surface area contributed by atoms with Crippen molar-refractivity contribution in [3.8, 4) is 0 Å². The second-order valence-corrected chi connectivity index (χ2v) is 8.68. The molecule has 0 bridgehead atoms. The second kappa shape index (κ2) is 14.6. The van der Waals surface area contributed by atoms with Crippen LogP contribution >= 0.6 is 0 Å². The van der Waals surface area contributed by atoms with E-state index in [2.05, 4.69) is 20.6 Å². The van der Waals surface area contributed by atoms with Gasteiger partial charge >= 0.3 is 6.18 Å². The zero-order valence-corrected chi connectivity index (χ0v) is 21.9. The van der Waals surface area contributed by atoms with Gasteiger partial charge in [0.1, 0.15) is 0 Å². The number of halogens is 5. The number of guanidine groups is 1. The molecule has 0 aliphatic rings. The highest BCUT2D eigenvalue weighted by molar-refractivity contribution is 6.14. The number of alkyl halides is 3. The summed E-state index contributed by atoms with van der Waals surface area (Å²) < 4.78 is 72.5. The maximum atomic E-state index is 13.7. The Hall–Kier alpha value is -3.34. The molecule has 2 N–H and O–H groups in total. The molecular weight excluding hydrogens is 507 g/mol. The first kappa shape index (κ1) is 30.9. The van der Waals surface area contributed by atoms with Crippen molar-refractivity contribution in [3.05, 3.63) is 64.7 Å². The number of hydrogen-bond donors (Lipinski definition) is 2. The fourth-order valence-electron chi connectivity index (χ4n) is 3.37. The van der Waals surface area contributed by atoms with Crippen molar-refractivity contribution in [2.24, 2.45) is 15.9 Å². The van der Waals surface area contributed by atoms with Crippen molar-refractivity contribution in [3.63, 3.8) is 0 Å². The topological polar surface area (TPSA) is 75.1 Å². The van der Waals surface area contributed by atoms with E-state index in [9.17, 15) is 26.7 Å². The highest BCUT2D eigenvalue weighted by atomic mass is 19.4. The number of carbonyl (C=O) groups excluding carboxylic acids is 1. The number of nitrogens with one attached hydrogen (secondary N) is 2. The number of aliphatic imine (C=N–C) groups is 2. The molecule has 11 heteroatoms. The quantitative estimate of drug-likeness (QED) is 0.149. The normalized spacial score (nSPS) is 12.7. The molecule has 0 aromatic heterocycles. The number of benzene rings is 2. The van der Waals surface area contributed by atoms with Gasteiger partial charge in [0.15, 0.2) is 11.6 Å². The van der Waals surface area contributed by atoms with Crippen molar-refractivity contribution >= 4 is 23.3 Å². The highest BCUT2D eigenvalue weighted by Gasteiger charge is 2.31. The van der Waals surface area contributed by atoms with Gasteiger partial charge in [0.25, 0.3) is 5.91 Å². The van der Waals surface area contributed by atoms with Crippen LogP contribution in [0.2, 0.25) is 0 Å². The van der Waals surface area contributed by atoms with Crippen molar-refractivity contribution in [1.29, 1.82) is 0 Å². The summed E-state index contributed by atoms with van der Waals surface area (Å²) in [6.45, 7) is 8.98. The van der Waals surface area contributed by atoms with Crippen LogP contribution in [-0.2, 0) is 10.9 Å². The molecule has 0 saturated carbocycles. The van der Waals surface area contributed by atoms with E-state index in [0.29, 0.717) is 43.9 Å². The van der Waals surface area contributed by atoms with Crippen LogP contribution in [0.5, 0.6) is 0 Å². The molecule has 0 radical (unpaired) electrons. The van der Waals surface area contributed by atoms with Crippen LogP contribution in [-0.4, -0.2) is 43.9 Å². The van der Waals surface area contributed by atoms with E-state index in [-0.39, 0.29) is 29.7 Å². The predicted molar refractivity (Wildman–Crippen MR) is 139 cm³/mol. The number of rotatable bonds is 11. The zero-order chi connectivity index (χ0) is 28.3. The molecule has 0 heterocycles. The van der Waals surface area contributed by atoms with Gasteiger partial charge in [-0.2, -0.15) is 13.2 Å². The lowest BCUT2D eigenvalue weighted by Gasteiger charge is -2.19. The van der Waals surface area contributed by atoms with Gasteiger partial charge in [-0.15, -0.1) is 0 Å². The fraction of sp³-hybridized carbons (Fsp3) is 0.444. The van der Waals surface area contributed by atoms with E-state index in [4.69, 9.17) is 4.74 Å². The molecule has 0 atom stereocenters. The van der Waals surface area contributed by atoms with Crippen molar-refractivity contribution in [2.45, 2.75) is 46.7 Å². The van der Waals surface area contributed by atoms with Gasteiger partial charge in [0.2, 0.25) is 5.96 Å². The van der Waals surface area contributed by atoms with Crippen LogP contribution in [0, 0.1) is 17.6 Å². The van der Waals surface area contributed by atoms with Gasteiger partial charge in [0.05, 0.1) is 11.3 Å². The van der Waals surface area contributed by atoms with Crippen LogP contribution in [0.25, 0.3) is 0 Å². The molecule has 0 aliphatic heterocycles. The average Bonchev–Trinajstić information content (AvgIpc) is 2.86. The van der Waals surface area contributed by atoms with E-state index < -0.39 is 29.3 Å².